The highest BCUT2D eigenvalue weighted by Gasteiger charge is 2.35. The molecule has 3 rings (SSSR count). The summed E-state index contributed by atoms with van der Waals surface area (Å²) in [6.45, 7) is 7.30. The number of nitrogens with zero attached hydrogens (tertiary/aromatic N) is 4. The van der Waals surface area contributed by atoms with E-state index in [1.807, 2.05) is 49.1 Å². The van der Waals surface area contributed by atoms with E-state index in [2.05, 4.69) is 0 Å². The van der Waals surface area contributed by atoms with Crippen LogP contribution in [0.5, 0.6) is 0 Å². The fourth-order valence-corrected chi connectivity index (χ4v) is 6.14. The fraction of sp³-hybridized carbons (Fsp3) is 0.652. The van der Waals surface area contributed by atoms with Gasteiger partial charge in [-0.05, 0) is 24.8 Å². The second-order valence-electron chi connectivity index (χ2n) is 8.46. The Morgan fingerprint density at radius 2 is 1.50 bits per heavy atom. The van der Waals surface area contributed by atoms with E-state index in [0.717, 1.165) is 12.0 Å². The predicted molar refractivity (Wildman–Crippen MR) is 124 cm³/mol. The number of rotatable bonds is 8. The van der Waals surface area contributed by atoms with Crippen LogP contribution in [0.1, 0.15) is 38.7 Å². The second kappa shape index (κ2) is 11.2. The number of hydrogen-bond acceptors (Lipinski definition) is 4. The van der Waals surface area contributed by atoms with Gasteiger partial charge in [-0.2, -0.15) is 17.0 Å². The summed E-state index contributed by atoms with van der Waals surface area (Å²) in [5.41, 5.74) is 1.16. The molecule has 0 N–H and O–H groups in total. The van der Waals surface area contributed by atoms with Gasteiger partial charge in [0.15, 0.2) is 0 Å². The molecule has 0 bridgehead atoms. The maximum atomic E-state index is 13.0. The Hall–Kier alpha value is -1.97. The van der Waals surface area contributed by atoms with Crippen molar-refractivity contribution in [2.24, 2.45) is 5.92 Å². The summed E-state index contributed by atoms with van der Waals surface area (Å²) in [4.78, 5) is 29.2. The molecule has 0 spiro atoms. The SMILES string of the molecule is CCN(CC)S(=O)(=O)N1CCN(C(=O)C2CCN(C(=O)CCc3ccccc3)CC2)CC1. The minimum Gasteiger partial charge on any atom is -0.343 e. The molecule has 0 aromatic heterocycles. The summed E-state index contributed by atoms with van der Waals surface area (Å²) < 4.78 is 28.3. The molecule has 0 saturated carbocycles. The van der Waals surface area contributed by atoms with Gasteiger partial charge in [-0.25, -0.2) is 0 Å². The maximum absolute atomic E-state index is 13.0. The fourth-order valence-electron chi connectivity index (χ4n) is 4.54. The minimum atomic E-state index is -3.46. The summed E-state index contributed by atoms with van der Waals surface area (Å²) in [6.07, 6.45) is 2.58. The number of benzene rings is 1. The number of carbonyl (C=O) groups excluding carboxylic acids is 2. The molecule has 1 aromatic carbocycles. The normalized spacial score (nSPS) is 18.8. The quantitative estimate of drug-likeness (QED) is 0.585. The number of hydrogen-bond donors (Lipinski definition) is 0. The molecule has 2 amide bonds. The lowest BCUT2D eigenvalue weighted by molar-refractivity contribution is -0.141. The third kappa shape index (κ3) is 5.88. The van der Waals surface area contributed by atoms with Crippen LogP contribution in [0.2, 0.25) is 0 Å². The van der Waals surface area contributed by atoms with E-state index in [9.17, 15) is 18.0 Å². The van der Waals surface area contributed by atoms with E-state index in [-0.39, 0.29) is 17.7 Å². The van der Waals surface area contributed by atoms with Gasteiger partial charge in [-0.15, -0.1) is 0 Å². The van der Waals surface area contributed by atoms with Crippen LogP contribution >= 0.6 is 0 Å². The monoisotopic (exact) mass is 464 g/mol. The number of likely N-dealkylation sites (tertiary alicyclic amines) is 1. The Kier molecular flexibility index (Phi) is 8.67. The molecule has 0 radical (unpaired) electrons. The highest BCUT2D eigenvalue weighted by Crippen LogP contribution is 2.22. The minimum absolute atomic E-state index is 0.0842. The summed E-state index contributed by atoms with van der Waals surface area (Å²) >= 11 is 0. The van der Waals surface area contributed by atoms with Crippen LogP contribution in [0.15, 0.2) is 30.3 Å². The second-order valence-corrected chi connectivity index (χ2v) is 10.4. The molecule has 1 aromatic rings. The topological polar surface area (TPSA) is 81.2 Å². The molecule has 2 fully saturated rings. The van der Waals surface area contributed by atoms with E-state index in [0.29, 0.717) is 71.6 Å². The molecule has 178 valence electrons. The average Bonchev–Trinajstić information content (AvgIpc) is 2.83. The molecular weight excluding hydrogens is 428 g/mol. The number of piperazine rings is 1. The smallest absolute Gasteiger partial charge is 0.282 e. The Balaban J connectivity index is 1.43. The third-order valence-electron chi connectivity index (χ3n) is 6.58. The molecule has 2 aliphatic heterocycles. The zero-order valence-electron chi connectivity index (χ0n) is 19.3. The molecule has 8 nitrogen and oxygen atoms in total. The van der Waals surface area contributed by atoms with Crippen molar-refractivity contribution in [1.82, 2.24) is 18.4 Å². The number of carbonyl (C=O) groups is 2. The lowest BCUT2D eigenvalue weighted by Crippen LogP contribution is -2.55. The van der Waals surface area contributed by atoms with Crippen molar-refractivity contribution in [1.29, 1.82) is 0 Å². The van der Waals surface area contributed by atoms with E-state index in [4.69, 9.17) is 0 Å². The number of amides is 2. The van der Waals surface area contributed by atoms with Gasteiger partial charge in [0, 0.05) is 64.7 Å². The van der Waals surface area contributed by atoms with Crippen molar-refractivity contribution in [3.63, 3.8) is 0 Å². The summed E-state index contributed by atoms with van der Waals surface area (Å²) in [7, 11) is -3.46. The lowest BCUT2D eigenvalue weighted by atomic mass is 9.94. The van der Waals surface area contributed by atoms with Gasteiger partial charge >= 0.3 is 0 Å². The molecule has 2 heterocycles. The van der Waals surface area contributed by atoms with Gasteiger partial charge in [0.2, 0.25) is 11.8 Å². The van der Waals surface area contributed by atoms with Crippen LogP contribution in [0.4, 0.5) is 0 Å². The van der Waals surface area contributed by atoms with E-state index < -0.39 is 10.2 Å². The Morgan fingerprint density at radius 3 is 2.06 bits per heavy atom. The number of aryl methyl sites for hydroxylation is 1. The highest BCUT2D eigenvalue weighted by molar-refractivity contribution is 7.86. The Morgan fingerprint density at radius 1 is 0.906 bits per heavy atom. The largest absolute Gasteiger partial charge is 0.343 e. The maximum Gasteiger partial charge on any atom is 0.282 e. The summed E-state index contributed by atoms with van der Waals surface area (Å²) in [5.74, 6) is 0.162. The van der Waals surface area contributed by atoms with Crippen molar-refractivity contribution < 1.29 is 18.0 Å². The molecule has 2 aliphatic rings. The highest BCUT2D eigenvalue weighted by atomic mass is 32.2. The first kappa shape index (κ1) is 24.7. The third-order valence-corrected chi connectivity index (χ3v) is 8.76. The Bertz CT molecular complexity index is 857. The first-order valence-corrected chi connectivity index (χ1v) is 13.1. The van der Waals surface area contributed by atoms with Gasteiger partial charge in [-0.3, -0.25) is 9.59 Å². The lowest BCUT2D eigenvalue weighted by Gasteiger charge is -2.39. The predicted octanol–water partition coefficient (Wildman–Crippen LogP) is 1.59. The van der Waals surface area contributed by atoms with E-state index in [1.165, 1.54) is 8.61 Å². The first-order valence-electron chi connectivity index (χ1n) is 11.7. The van der Waals surface area contributed by atoms with Gasteiger partial charge < -0.3 is 9.80 Å². The van der Waals surface area contributed by atoms with Crippen molar-refractivity contribution in [2.45, 2.75) is 39.5 Å². The Labute approximate surface area is 192 Å². The average molecular weight is 465 g/mol. The zero-order chi connectivity index (χ0) is 23.1. The van der Waals surface area contributed by atoms with Gasteiger partial charge in [0.1, 0.15) is 0 Å². The molecule has 2 saturated heterocycles. The zero-order valence-corrected chi connectivity index (χ0v) is 20.1. The van der Waals surface area contributed by atoms with Crippen LogP contribution in [-0.2, 0) is 26.2 Å². The molecule has 0 aliphatic carbocycles. The standard InChI is InChI=1S/C23H36N4O4S/c1-3-26(4-2)32(30,31)27-18-16-25(17-19-27)23(29)21-12-14-24(15-13-21)22(28)11-10-20-8-6-5-7-9-20/h5-9,21H,3-4,10-19H2,1-2H3. The molecular formula is C23H36N4O4S. The number of piperidine rings is 1. The van der Waals surface area contributed by atoms with Crippen LogP contribution in [-0.4, -0.2) is 91.0 Å². The van der Waals surface area contributed by atoms with Crippen LogP contribution in [0.3, 0.4) is 0 Å². The van der Waals surface area contributed by atoms with Crippen LogP contribution in [0, 0.1) is 5.92 Å². The van der Waals surface area contributed by atoms with E-state index >= 15 is 0 Å². The van der Waals surface area contributed by atoms with Crippen molar-refractivity contribution in [2.75, 3.05) is 52.4 Å². The van der Waals surface area contributed by atoms with Crippen molar-refractivity contribution in [3.8, 4) is 0 Å². The molecule has 32 heavy (non-hydrogen) atoms. The van der Waals surface area contributed by atoms with Gasteiger partial charge in [0.05, 0.1) is 0 Å². The van der Waals surface area contributed by atoms with Gasteiger partial charge in [0.25, 0.3) is 10.2 Å². The van der Waals surface area contributed by atoms with Crippen molar-refractivity contribution in [3.05, 3.63) is 35.9 Å². The summed E-state index contributed by atoms with van der Waals surface area (Å²) in [6, 6.07) is 10.00. The first-order chi connectivity index (χ1) is 15.4. The van der Waals surface area contributed by atoms with Crippen LogP contribution < -0.4 is 0 Å². The van der Waals surface area contributed by atoms with Gasteiger partial charge in [-0.1, -0.05) is 44.2 Å². The molecule has 0 atom stereocenters. The van der Waals surface area contributed by atoms with E-state index in [1.54, 1.807) is 4.90 Å². The molecule has 9 heteroatoms. The van der Waals surface area contributed by atoms with Crippen LogP contribution in [0.25, 0.3) is 0 Å². The summed E-state index contributed by atoms with van der Waals surface area (Å²) in [5, 5.41) is 0. The molecule has 0 unspecified atom stereocenters. The van der Waals surface area contributed by atoms with Crippen molar-refractivity contribution >= 4 is 22.0 Å².